The third-order valence-electron chi connectivity index (χ3n) is 2.84. The highest BCUT2D eigenvalue weighted by Gasteiger charge is 2.05. The summed E-state index contributed by atoms with van der Waals surface area (Å²) in [5, 5.41) is 1.58. The molecule has 0 aliphatic carbocycles. The van der Waals surface area contributed by atoms with Gasteiger partial charge in [0.25, 0.3) is 0 Å². The van der Waals surface area contributed by atoms with E-state index < -0.39 is 0 Å². The van der Waals surface area contributed by atoms with Gasteiger partial charge in [0.15, 0.2) is 5.43 Å². The van der Waals surface area contributed by atoms with Crippen LogP contribution in [-0.2, 0) is 0 Å². The molecule has 17 heavy (non-hydrogen) atoms. The van der Waals surface area contributed by atoms with Crippen molar-refractivity contribution in [2.45, 2.75) is 0 Å². The van der Waals surface area contributed by atoms with E-state index in [1.54, 1.807) is 17.4 Å². The van der Waals surface area contributed by atoms with E-state index in [9.17, 15) is 4.79 Å². The van der Waals surface area contributed by atoms with Crippen LogP contribution in [0.2, 0.25) is 0 Å². The number of hydrogen-bond donors (Lipinski definition) is 0. The maximum atomic E-state index is 12.3. The average molecular weight is 238 g/mol. The van der Waals surface area contributed by atoms with Gasteiger partial charge in [-0.25, -0.2) is 0 Å². The van der Waals surface area contributed by atoms with Crippen molar-refractivity contribution in [3.63, 3.8) is 0 Å². The number of hydrogen-bond acceptors (Lipinski definition) is 2. The highest BCUT2D eigenvalue weighted by atomic mass is 32.1. The van der Waals surface area contributed by atoms with Crippen LogP contribution in [0.4, 0.5) is 0 Å². The molecule has 0 aliphatic rings. The van der Waals surface area contributed by atoms with Crippen molar-refractivity contribution in [3.05, 3.63) is 64.8 Å². The molecular weight excluding hydrogens is 228 g/mol. The molecule has 1 heterocycles. The Morgan fingerprint density at radius 3 is 2.59 bits per heavy atom. The lowest BCUT2D eigenvalue weighted by Crippen LogP contribution is -2.00. The maximum absolute atomic E-state index is 12.3. The van der Waals surface area contributed by atoms with Gasteiger partial charge in [-0.15, -0.1) is 11.3 Å². The van der Waals surface area contributed by atoms with Gasteiger partial charge in [0.1, 0.15) is 0 Å². The first-order valence-corrected chi connectivity index (χ1v) is 6.19. The van der Waals surface area contributed by atoms with Crippen molar-refractivity contribution in [3.8, 4) is 0 Å². The topological polar surface area (TPSA) is 17.1 Å². The molecule has 3 rings (SSSR count). The van der Waals surface area contributed by atoms with Gasteiger partial charge in [0.2, 0.25) is 0 Å². The Bertz CT molecular complexity index is 784. The monoisotopic (exact) mass is 238 g/mol. The largest absolute Gasteiger partial charge is 0.289 e. The predicted octanol–water partition coefficient (Wildman–Crippen LogP) is 4.06. The molecule has 2 heteroatoms. The van der Waals surface area contributed by atoms with Crippen molar-refractivity contribution in [2.24, 2.45) is 0 Å². The third kappa shape index (κ3) is 1.58. The first kappa shape index (κ1) is 10.2. The van der Waals surface area contributed by atoms with Crippen molar-refractivity contribution in [1.82, 2.24) is 0 Å². The molecule has 3 aromatic rings. The minimum absolute atomic E-state index is 0.109. The molecular formula is C15H10OS. The molecule has 0 aliphatic heterocycles. The van der Waals surface area contributed by atoms with Crippen LogP contribution in [0.15, 0.2) is 53.8 Å². The molecule has 0 unspecified atom stereocenters. The Balaban J connectivity index is 2.55. The molecule has 0 spiro atoms. The first-order chi connectivity index (χ1) is 8.29. The second-order valence-electron chi connectivity index (χ2n) is 3.89. The van der Waals surface area contributed by atoms with E-state index in [-0.39, 0.29) is 5.43 Å². The first-order valence-electron chi connectivity index (χ1n) is 5.37. The minimum Gasteiger partial charge on any atom is -0.289 e. The van der Waals surface area contributed by atoms with E-state index in [4.69, 9.17) is 0 Å². The quantitative estimate of drug-likeness (QED) is 0.584. The van der Waals surface area contributed by atoms with Crippen LogP contribution < -0.4 is 5.43 Å². The van der Waals surface area contributed by atoms with E-state index in [0.717, 1.165) is 25.7 Å². The lowest BCUT2D eigenvalue weighted by Gasteiger charge is -2.01. The second-order valence-corrected chi connectivity index (χ2v) is 4.97. The van der Waals surface area contributed by atoms with Crippen LogP contribution in [0, 0.1) is 0 Å². The van der Waals surface area contributed by atoms with E-state index in [1.807, 2.05) is 42.5 Å². The molecule has 0 atom stereocenters. The van der Waals surface area contributed by atoms with Crippen LogP contribution in [0.3, 0.4) is 0 Å². The maximum Gasteiger partial charge on any atom is 0.195 e. The highest BCUT2D eigenvalue weighted by Crippen LogP contribution is 2.25. The lowest BCUT2D eigenvalue weighted by atomic mass is 10.1. The summed E-state index contributed by atoms with van der Waals surface area (Å²) in [7, 11) is 0. The molecule has 1 aromatic heterocycles. The predicted molar refractivity (Wildman–Crippen MR) is 75.7 cm³/mol. The van der Waals surface area contributed by atoms with E-state index in [1.165, 1.54) is 0 Å². The molecule has 0 amide bonds. The van der Waals surface area contributed by atoms with Gasteiger partial charge in [0, 0.05) is 20.2 Å². The summed E-state index contributed by atoms with van der Waals surface area (Å²) in [6.45, 7) is 3.73. The molecule has 0 saturated heterocycles. The fourth-order valence-electron chi connectivity index (χ4n) is 1.95. The average Bonchev–Trinajstić information content (AvgIpc) is 2.39. The summed E-state index contributed by atoms with van der Waals surface area (Å²) in [5.74, 6) is 0. The van der Waals surface area contributed by atoms with Crippen molar-refractivity contribution in [2.75, 3.05) is 0 Å². The van der Waals surface area contributed by atoms with E-state index >= 15 is 0 Å². The molecule has 0 radical (unpaired) electrons. The van der Waals surface area contributed by atoms with Gasteiger partial charge in [0.05, 0.1) is 0 Å². The van der Waals surface area contributed by atoms with Crippen LogP contribution >= 0.6 is 11.3 Å². The molecule has 1 nitrogen and oxygen atoms in total. The van der Waals surface area contributed by atoms with Gasteiger partial charge < -0.3 is 0 Å². The summed E-state index contributed by atoms with van der Waals surface area (Å²) in [4.78, 5) is 12.3. The Kier molecular flexibility index (Phi) is 2.30. The summed E-state index contributed by atoms with van der Waals surface area (Å²) in [6.07, 6.45) is 1.76. The Morgan fingerprint density at radius 1 is 1.00 bits per heavy atom. The molecule has 2 aromatic carbocycles. The zero-order chi connectivity index (χ0) is 11.8. The normalized spacial score (nSPS) is 10.8. The molecule has 0 fully saturated rings. The van der Waals surface area contributed by atoms with Crippen LogP contribution in [-0.4, -0.2) is 0 Å². The van der Waals surface area contributed by atoms with E-state index in [0.29, 0.717) is 0 Å². The van der Waals surface area contributed by atoms with Gasteiger partial charge in [-0.2, -0.15) is 0 Å². The zero-order valence-corrected chi connectivity index (χ0v) is 9.96. The minimum atomic E-state index is 0.109. The fourth-order valence-corrected chi connectivity index (χ4v) is 3.00. The summed E-state index contributed by atoms with van der Waals surface area (Å²) in [6, 6.07) is 13.6. The number of fused-ring (bicyclic) bond motifs is 2. The van der Waals surface area contributed by atoms with Gasteiger partial charge >= 0.3 is 0 Å². The molecule has 0 N–H and O–H groups in total. The second kappa shape index (κ2) is 3.82. The Labute approximate surface area is 103 Å². The van der Waals surface area contributed by atoms with Crippen molar-refractivity contribution < 1.29 is 0 Å². The van der Waals surface area contributed by atoms with Crippen molar-refractivity contribution in [1.29, 1.82) is 0 Å². The summed E-state index contributed by atoms with van der Waals surface area (Å²) < 4.78 is 2.07. The number of rotatable bonds is 1. The summed E-state index contributed by atoms with van der Waals surface area (Å²) >= 11 is 1.65. The smallest absolute Gasteiger partial charge is 0.195 e. The van der Waals surface area contributed by atoms with Crippen LogP contribution in [0.5, 0.6) is 0 Å². The highest BCUT2D eigenvalue weighted by molar-refractivity contribution is 7.24. The number of benzene rings is 2. The fraction of sp³-hybridized carbons (Fsp3) is 0. The summed E-state index contributed by atoms with van der Waals surface area (Å²) in [5.41, 5.74) is 1.09. The standard InChI is InChI=1S/C15H10OS/c1-2-10-7-8-14-12(9-10)15(16)11-5-3-4-6-13(11)17-14/h2-9H,1H2. The SMILES string of the molecule is C=Cc1ccc2sc3ccccc3c(=O)c2c1. The van der Waals surface area contributed by atoms with Crippen LogP contribution in [0.25, 0.3) is 26.2 Å². The molecule has 0 bridgehead atoms. The lowest BCUT2D eigenvalue weighted by molar-refractivity contribution is 1.72. The zero-order valence-electron chi connectivity index (χ0n) is 9.14. The molecule has 82 valence electrons. The van der Waals surface area contributed by atoms with E-state index in [2.05, 4.69) is 6.58 Å². The van der Waals surface area contributed by atoms with Crippen LogP contribution in [0.1, 0.15) is 5.56 Å². The van der Waals surface area contributed by atoms with Gasteiger partial charge in [-0.1, -0.05) is 30.9 Å². The third-order valence-corrected chi connectivity index (χ3v) is 3.99. The van der Waals surface area contributed by atoms with Gasteiger partial charge in [-0.05, 0) is 29.8 Å². The Hall–Kier alpha value is -1.93. The Morgan fingerprint density at radius 2 is 1.76 bits per heavy atom. The van der Waals surface area contributed by atoms with Crippen molar-refractivity contribution >= 4 is 37.6 Å². The van der Waals surface area contributed by atoms with Gasteiger partial charge in [-0.3, -0.25) is 4.79 Å². The molecule has 0 saturated carbocycles.